The van der Waals surface area contributed by atoms with Gasteiger partial charge in [-0.3, -0.25) is 0 Å². The second kappa shape index (κ2) is 9.00. The number of nitrogens with one attached hydrogen (secondary N) is 1. The Morgan fingerprint density at radius 3 is 2.25 bits per heavy atom. The molecule has 1 atom stereocenters. The zero-order valence-electron chi connectivity index (χ0n) is 11.9. The average Bonchev–Trinajstić information content (AvgIpc) is 2.20. The van der Waals surface area contributed by atoms with Gasteiger partial charge in [0.05, 0.1) is 0 Å². The predicted molar refractivity (Wildman–Crippen MR) is 71.9 cm³/mol. The summed E-state index contributed by atoms with van der Waals surface area (Å²) in [6.07, 6.45) is 4.71. The first-order valence-corrected chi connectivity index (χ1v) is 6.83. The van der Waals surface area contributed by atoms with E-state index in [1.54, 1.807) is 0 Å². The number of ether oxygens (including phenoxy) is 1. The molecule has 0 saturated heterocycles. The lowest BCUT2D eigenvalue weighted by molar-refractivity contribution is 0.122. The van der Waals surface area contributed by atoms with Crippen LogP contribution in [0.5, 0.6) is 0 Å². The third-order valence-electron chi connectivity index (χ3n) is 2.82. The van der Waals surface area contributed by atoms with Crippen LogP contribution in [0.3, 0.4) is 0 Å². The second-order valence-corrected chi connectivity index (χ2v) is 5.63. The van der Waals surface area contributed by atoms with Gasteiger partial charge in [0.15, 0.2) is 0 Å². The Morgan fingerprint density at radius 1 is 1.06 bits per heavy atom. The van der Waals surface area contributed by atoms with Gasteiger partial charge in [0, 0.05) is 19.3 Å². The van der Waals surface area contributed by atoms with Crippen LogP contribution in [0.25, 0.3) is 0 Å². The first-order valence-electron chi connectivity index (χ1n) is 6.83. The van der Waals surface area contributed by atoms with E-state index in [0.29, 0.717) is 11.5 Å². The van der Waals surface area contributed by atoms with E-state index >= 15 is 0 Å². The molecule has 0 heterocycles. The standard InChI is InChI=1S/C14H31NO/c1-6-10-15-13(14(3,4)5)9-8-12-16-11-7-2/h13,15H,6-12H2,1-5H3. The van der Waals surface area contributed by atoms with Crippen molar-refractivity contribution in [3.05, 3.63) is 0 Å². The smallest absolute Gasteiger partial charge is 0.0466 e. The summed E-state index contributed by atoms with van der Waals surface area (Å²) in [6.45, 7) is 14.3. The molecule has 0 bridgehead atoms. The van der Waals surface area contributed by atoms with Crippen molar-refractivity contribution in [2.75, 3.05) is 19.8 Å². The summed E-state index contributed by atoms with van der Waals surface area (Å²) < 4.78 is 5.52. The zero-order valence-corrected chi connectivity index (χ0v) is 11.9. The highest BCUT2D eigenvalue weighted by Crippen LogP contribution is 2.22. The monoisotopic (exact) mass is 229 g/mol. The van der Waals surface area contributed by atoms with Crippen molar-refractivity contribution in [1.29, 1.82) is 0 Å². The van der Waals surface area contributed by atoms with E-state index in [1.165, 1.54) is 19.3 Å². The molecule has 1 unspecified atom stereocenters. The van der Waals surface area contributed by atoms with Gasteiger partial charge in [-0.2, -0.15) is 0 Å². The van der Waals surface area contributed by atoms with Crippen LogP contribution < -0.4 is 5.32 Å². The van der Waals surface area contributed by atoms with Gasteiger partial charge in [0.2, 0.25) is 0 Å². The van der Waals surface area contributed by atoms with Crippen molar-refractivity contribution in [3.8, 4) is 0 Å². The van der Waals surface area contributed by atoms with Crippen molar-refractivity contribution < 1.29 is 4.74 Å². The lowest BCUT2D eigenvalue weighted by Crippen LogP contribution is -2.40. The van der Waals surface area contributed by atoms with Crippen LogP contribution in [0.2, 0.25) is 0 Å². The predicted octanol–water partition coefficient (Wildman–Crippen LogP) is 3.61. The molecule has 0 aromatic heterocycles. The fourth-order valence-corrected chi connectivity index (χ4v) is 1.80. The third kappa shape index (κ3) is 8.12. The second-order valence-electron chi connectivity index (χ2n) is 5.63. The van der Waals surface area contributed by atoms with E-state index in [4.69, 9.17) is 4.74 Å². The van der Waals surface area contributed by atoms with E-state index in [0.717, 1.165) is 26.2 Å². The first kappa shape index (κ1) is 15.9. The molecule has 2 heteroatoms. The molecule has 0 saturated carbocycles. The third-order valence-corrected chi connectivity index (χ3v) is 2.82. The highest BCUT2D eigenvalue weighted by Gasteiger charge is 2.22. The minimum absolute atomic E-state index is 0.347. The molecule has 0 aliphatic rings. The maximum absolute atomic E-state index is 5.52. The molecule has 0 rings (SSSR count). The molecule has 16 heavy (non-hydrogen) atoms. The molecule has 0 aromatic rings. The summed E-state index contributed by atoms with van der Waals surface area (Å²) in [5.41, 5.74) is 0.347. The van der Waals surface area contributed by atoms with Crippen molar-refractivity contribution >= 4 is 0 Å². The lowest BCUT2D eigenvalue weighted by atomic mass is 9.84. The van der Waals surface area contributed by atoms with Crippen LogP contribution in [0.1, 0.15) is 60.3 Å². The van der Waals surface area contributed by atoms with E-state index in [9.17, 15) is 0 Å². The summed E-state index contributed by atoms with van der Waals surface area (Å²) in [7, 11) is 0. The quantitative estimate of drug-likeness (QED) is 0.610. The van der Waals surface area contributed by atoms with Gasteiger partial charge in [-0.1, -0.05) is 34.6 Å². The molecule has 1 N–H and O–H groups in total. The Bertz CT molecular complexity index is 151. The fourth-order valence-electron chi connectivity index (χ4n) is 1.80. The van der Waals surface area contributed by atoms with Gasteiger partial charge in [-0.15, -0.1) is 0 Å². The van der Waals surface area contributed by atoms with E-state index in [1.807, 2.05) is 0 Å². The summed E-state index contributed by atoms with van der Waals surface area (Å²) in [5.74, 6) is 0. The van der Waals surface area contributed by atoms with E-state index in [-0.39, 0.29) is 0 Å². The van der Waals surface area contributed by atoms with Crippen LogP contribution in [0.4, 0.5) is 0 Å². The summed E-state index contributed by atoms with van der Waals surface area (Å²) in [5, 5.41) is 3.64. The maximum atomic E-state index is 5.52. The molecule has 2 nitrogen and oxygen atoms in total. The molecule has 0 aliphatic carbocycles. The molecule has 0 aliphatic heterocycles. The molecular weight excluding hydrogens is 198 g/mol. The molecule has 0 amide bonds. The first-order chi connectivity index (χ1) is 7.52. The van der Waals surface area contributed by atoms with Crippen molar-refractivity contribution in [1.82, 2.24) is 5.32 Å². The number of hydrogen-bond acceptors (Lipinski definition) is 2. The highest BCUT2D eigenvalue weighted by atomic mass is 16.5. The average molecular weight is 229 g/mol. The minimum Gasteiger partial charge on any atom is -0.381 e. The Hall–Kier alpha value is -0.0800. The van der Waals surface area contributed by atoms with Gasteiger partial charge in [-0.05, 0) is 37.6 Å². The topological polar surface area (TPSA) is 21.3 Å². The normalized spacial score (nSPS) is 14.1. The lowest BCUT2D eigenvalue weighted by Gasteiger charge is -2.31. The van der Waals surface area contributed by atoms with Gasteiger partial charge in [0.1, 0.15) is 0 Å². The minimum atomic E-state index is 0.347. The van der Waals surface area contributed by atoms with E-state index < -0.39 is 0 Å². The molecule has 0 spiro atoms. The SMILES string of the molecule is CCCNC(CCCOCCC)C(C)(C)C. The van der Waals surface area contributed by atoms with Crippen molar-refractivity contribution in [3.63, 3.8) is 0 Å². The van der Waals surface area contributed by atoms with Gasteiger partial charge in [0.25, 0.3) is 0 Å². The van der Waals surface area contributed by atoms with Crippen LogP contribution in [-0.2, 0) is 4.74 Å². The van der Waals surface area contributed by atoms with Gasteiger partial charge in [-0.25, -0.2) is 0 Å². The Balaban J connectivity index is 3.75. The van der Waals surface area contributed by atoms with Gasteiger partial charge < -0.3 is 10.1 Å². The Morgan fingerprint density at radius 2 is 1.75 bits per heavy atom. The molecule has 0 fully saturated rings. The Labute approximate surface area is 102 Å². The molecule has 0 radical (unpaired) electrons. The number of rotatable bonds is 9. The summed E-state index contributed by atoms with van der Waals surface area (Å²) >= 11 is 0. The fraction of sp³-hybridized carbons (Fsp3) is 1.00. The summed E-state index contributed by atoms with van der Waals surface area (Å²) in [6, 6.07) is 0.609. The zero-order chi connectivity index (χ0) is 12.4. The van der Waals surface area contributed by atoms with Crippen LogP contribution in [0.15, 0.2) is 0 Å². The molecule has 0 aromatic carbocycles. The summed E-state index contributed by atoms with van der Waals surface area (Å²) in [4.78, 5) is 0. The van der Waals surface area contributed by atoms with Crippen LogP contribution in [0, 0.1) is 5.41 Å². The van der Waals surface area contributed by atoms with Crippen molar-refractivity contribution in [2.24, 2.45) is 5.41 Å². The Kier molecular flexibility index (Phi) is 8.96. The largest absolute Gasteiger partial charge is 0.381 e. The number of hydrogen-bond donors (Lipinski definition) is 1. The van der Waals surface area contributed by atoms with Crippen molar-refractivity contribution in [2.45, 2.75) is 66.3 Å². The van der Waals surface area contributed by atoms with Gasteiger partial charge >= 0.3 is 0 Å². The van der Waals surface area contributed by atoms with Crippen LogP contribution >= 0.6 is 0 Å². The molecule has 98 valence electrons. The highest BCUT2D eigenvalue weighted by molar-refractivity contribution is 4.80. The van der Waals surface area contributed by atoms with Crippen LogP contribution in [-0.4, -0.2) is 25.8 Å². The van der Waals surface area contributed by atoms with E-state index in [2.05, 4.69) is 39.9 Å². The maximum Gasteiger partial charge on any atom is 0.0466 e. The molecular formula is C14H31NO.